The fourth-order valence-corrected chi connectivity index (χ4v) is 2.96. The number of benzene rings is 2. The average molecular weight is 382 g/mol. The van der Waals surface area contributed by atoms with E-state index in [1.165, 1.54) is 0 Å². The third kappa shape index (κ3) is 5.81. The minimum atomic E-state index is -0.326. The Labute approximate surface area is 157 Å². The summed E-state index contributed by atoms with van der Waals surface area (Å²) in [6.45, 7) is 0.431. The molecule has 0 aromatic heterocycles. The number of nitrogens with one attached hydrogen (secondary N) is 2. The van der Waals surface area contributed by atoms with Crippen molar-refractivity contribution in [2.75, 3.05) is 33.1 Å². The summed E-state index contributed by atoms with van der Waals surface area (Å²) < 4.78 is 5.27. The minimum absolute atomic E-state index is 0.00352. The maximum Gasteiger partial charge on any atom is 0.319 e. The zero-order valence-electron chi connectivity index (χ0n) is 14.3. The molecule has 0 aliphatic carbocycles. The lowest BCUT2D eigenvalue weighted by atomic mass is 10.1. The van der Waals surface area contributed by atoms with Crippen molar-refractivity contribution in [3.63, 3.8) is 0 Å². The molecule has 0 spiro atoms. The first-order chi connectivity index (χ1) is 11.9. The van der Waals surface area contributed by atoms with Crippen LogP contribution in [0.25, 0.3) is 0 Å². The number of carbonyl (C=O) groups excluding carboxylic acids is 1. The molecule has 2 N–H and O–H groups in total. The van der Waals surface area contributed by atoms with E-state index in [1.807, 2.05) is 43.3 Å². The molecule has 2 aromatic rings. The van der Waals surface area contributed by atoms with E-state index in [0.29, 0.717) is 22.3 Å². The number of rotatable bonds is 6. The second kappa shape index (κ2) is 8.94. The van der Waals surface area contributed by atoms with Gasteiger partial charge in [0.1, 0.15) is 5.75 Å². The lowest BCUT2D eigenvalue weighted by molar-refractivity contribution is 0.243. The fourth-order valence-electron chi connectivity index (χ4n) is 2.44. The third-order valence-corrected chi connectivity index (χ3v) is 4.11. The van der Waals surface area contributed by atoms with Crippen molar-refractivity contribution in [2.24, 2.45) is 0 Å². The van der Waals surface area contributed by atoms with Crippen molar-refractivity contribution < 1.29 is 9.53 Å². The first-order valence-electron chi connectivity index (χ1n) is 7.70. The van der Waals surface area contributed by atoms with E-state index in [1.54, 1.807) is 25.3 Å². The molecule has 134 valence electrons. The molecule has 0 heterocycles. The van der Waals surface area contributed by atoms with Gasteiger partial charge in [-0.3, -0.25) is 0 Å². The number of carbonyl (C=O) groups is 1. The number of ether oxygens (including phenoxy) is 1. The van der Waals surface area contributed by atoms with Crippen LogP contribution in [0.4, 0.5) is 10.5 Å². The molecule has 1 atom stereocenters. The summed E-state index contributed by atoms with van der Waals surface area (Å²) in [4.78, 5) is 14.2. The molecule has 2 rings (SSSR count). The summed E-state index contributed by atoms with van der Waals surface area (Å²) in [6, 6.07) is 12.3. The van der Waals surface area contributed by atoms with Gasteiger partial charge in [-0.05, 0) is 50.0 Å². The molecule has 0 saturated heterocycles. The minimum Gasteiger partial charge on any atom is -0.497 e. The van der Waals surface area contributed by atoms with E-state index in [-0.39, 0.29) is 12.1 Å². The van der Waals surface area contributed by atoms with Crippen molar-refractivity contribution in [2.45, 2.75) is 6.04 Å². The fraction of sp³-hybridized carbons (Fsp3) is 0.278. The van der Waals surface area contributed by atoms with Crippen molar-refractivity contribution in [3.8, 4) is 5.75 Å². The number of urea groups is 1. The van der Waals surface area contributed by atoms with Crippen LogP contribution in [0, 0.1) is 0 Å². The molecule has 0 fully saturated rings. The quantitative estimate of drug-likeness (QED) is 0.777. The zero-order valence-corrected chi connectivity index (χ0v) is 15.9. The Hall–Kier alpha value is -1.95. The summed E-state index contributed by atoms with van der Waals surface area (Å²) >= 11 is 11.9. The maximum absolute atomic E-state index is 12.2. The van der Waals surface area contributed by atoms with Crippen molar-refractivity contribution in [3.05, 3.63) is 58.1 Å². The number of amides is 2. The molecule has 25 heavy (non-hydrogen) atoms. The van der Waals surface area contributed by atoms with E-state index in [4.69, 9.17) is 27.9 Å². The molecule has 0 saturated carbocycles. The summed E-state index contributed by atoms with van der Waals surface area (Å²) in [5, 5.41) is 6.53. The molecule has 7 heteroatoms. The van der Waals surface area contributed by atoms with Gasteiger partial charge in [-0.2, -0.15) is 0 Å². The number of hydrogen-bond donors (Lipinski definition) is 2. The highest BCUT2D eigenvalue weighted by Crippen LogP contribution is 2.23. The summed E-state index contributed by atoms with van der Waals surface area (Å²) in [5.74, 6) is 0.780. The molecule has 0 aliphatic rings. The Kier molecular flexibility index (Phi) is 6.93. The van der Waals surface area contributed by atoms with E-state index in [9.17, 15) is 4.79 Å². The van der Waals surface area contributed by atoms with Crippen LogP contribution in [0.3, 0.4) is 0 Å². The molecular formula is C18H21Cl2N3O2. The standard InChI is InChI=1S/C18H21Cl2N3O2/c1-23(2)17(12-5-4-6-16(7-12)25-3)11-21-18(24)22-15-9-13(19)8-14(20)10-15/h4-10,17H,11H2,1-3H3,(H2,21,22,24). The van der Waals surface area contributed by atoms with Crippen LogP contribution in [0.1, 0.15) is 11.6 Å². The highest BCUT2D eigenvalue weighted by molar-refractivity contribution is 6.35. The predicted molar refractivity (Wildman–Crippen MR) is 103 cm³/mol. The molecule has 2 aromatic carbocycles. The van der Waals surface area contributed by atoms with Gasteiger partial charge in [0, 0.05) is 22.3 Å². The number of halogens is 2. The molecule has 5 nitrogen and oxygen atoms in total. The van der Waals surface area contributed by atoms with Crippen LogP contribution in [0.5, 0.6) is 5.75 Å². The molecule has 0 radical (unpaired) electrons. The smallest absolute Gasteiger partial charge is 0.319 e. The summed E-state index contributed by atoms with van der Waals surface area (Å²) in [6.07, 6.45) is 0. The van der Waals surface area contributed by atoms with Crippen molar-refractivity contribution >= 4 is 34.9 Å². The summed E-state index contributed by atoms with van der Waals surface area (Å²) in [5.41, 5.74) is 1.59. The Morgan fingerprint density at radius 3 is 2.44 bits per heavy atom. The van der Waals surface area contributed by atoms with Crippen LogP contribution in [-0.4, -0.2) is 38.7 Å². The number of nitrogens with zero attached hydrogens (tertiary/aromatic N) is 1. The largest absolute Gasteiger partial charge is 0.497 e. The average Bonchev–Trinajstić information content (AvgIpc) is 2.54. The first-order valence-corrected chi connectivity index (χ1v) is 8.46. The normalized spacial score (nSPS) is 11.9. The van der Waals surface area contributed by atoms with Gasteiger partial charge in [0.2, 0.25) is 0 Å². The third-order valence-electron chi connectivity index (χ3n) is 3.68. The number of likely N-dealkylation sites (N-methyl/N-ethyl adjacent to an activating group) is 1. The van der Waals surface area contributed by atoms with Crippen LogP contribution in [0.15, 0.2) is 42.5 Å². The second-order valence-electron chi connectivity index (χ2n) is 5.75. The number of hydrogen-bond acceptors (Lipinski definition) is 3. The Morgan fingerprint density at radius 2 is 1.84 bits per heavy atom. The van der Waals surface area contributed by atoms with Gasteiger partial charge in [-0.15, -0.1) is 0 Å². The van der Waals surface area contributed by atoms with Crippen LogP contribution < -0.4 is 15.4 Å². The predicted octanol–water partition coefficient (Wildman–Crippen LogP) is 4.43. The van der Waals surface area contributed by atoms with Gasteiger partial charge < -0.3 is 20.3 Å². The van der Waals surface area contributed by atoms with Gasteiger partial charge in [-0.25, -0.2) is 4.79 Å². The molecule has 1 unspecified atom stereocenters. The van der Waals surface area contributed by atoms with Crippen LogP contribution in [0.2, 0.25) is 10.0 Å². The highest BCUT2D eigenvalue weighted by atomic mass is 35.5. The first kappa shape index (κ1) is 19.4. The SMILES string of the molecule is COc1cccc(C(CNC(=O)Nc2cc(Cl)cc(Cl)c2)N(C)C)c1. The Balaban J connectivity index is 2.01. The molecule has 0 aliphatic heterocycles. The molecule has 2 amide bonds. The summed E-state index contributed by atoms with van der Waals surface area (Å²) in [7, 11) is 5.55. The van der Waals surface area contributed by atoms with Crippen LogP contribution >= 0.6 is 23.2 Å². The lowest BCUT2D eigenvalue weighted by Gasteiger charge is -2.25. The van der Waals surface area contributed by atoms with E-state index < -0.39 is 0 Å². The number of methoxy groups -OCH3 is 1. The van der Waals surface area contributed by atoms with Gasteiger partial charge in [-0.1, -0.05) is 35.3 Å². The highest BCUT2D eigenvalue weighted by Gasteiger charge is 2.16. The monoisotopic (exact) mass is 381 g/mol. The Morgan fingerprint density at radius 1 is 1.16 bits per heavy atom. The number of anilines is 1. The van der Waals surface area contributed by atoms with Crippen molar-refractivity contribution in [1.29, 1.82) is 0 Å². The van der Waals surface area contributed by atoms with Gasteiger partial charge in [0.05, 0.1) is 13.2 Å². The topological polar surface area (TPSA) is 53.6 Å². The van der Waals surface area contributed by atoms with Crippen LogP contribution in [-0.2, 0) is 0 Å². The van der Waals surface area contributed by atoms with Gasteiger partial charge >= 0.3 is 6.03 Å². The van der Waals surface area contributed by atoms with Gasteiger partial charge in [0.15, 0.2) is 0 Å². The van der Waals surface area contributed by atoms with Crippen molar-refractivity contribution in [1.82, 2.24) is 10.2 Å². The molecule has 0 bridgehead atoms. The second-order valence-corrected chi connectivity index (χ2v) is 6.62. The molecular weight excluding hydrogens is 361 g/mol. The van der Waals surface area contributed by atoms with E-state index >= 15 is 0 Å². The maximum atomic E-state index is 12.2. The van der Waals surface area contributed by atoms with Gasteiger partial charge in [0.25, 0.3) is 0 Å². The zero-order chi connectivity index (χ0) is 18.4. The lowest BCUT2D eigenvalue weighted by Crippen LogP contribution is -2.36. The van der Waals surface area contributed by atoms with E-state index in [2.05, 4.69) is 10.6 Å². The Bertz CT molecular complexity index is 718. The van der Waals surface area contributed by atoms with E-state index in [0.717, 1.165) is 11.3 Å².